The van der Waals surface area contributed by atoms with Crippen molar-refractivity contribution in [2.24, 2.45) is 5.92 Å². The Labute approximate surface area is 632 Å². The van der Waals surface area contributed by atoms with Gasteiger partial charge in [0, 0.05) is 25.7 Å². The first kappa shape index (κ1) is 101. The first-order valence-electron chi connectivity index (χ1n) is 43.6. The molecule has 0 aromatic carbocycles. The second kappa shape index (κ2) is 76.8. The van der Waals surface area contributed by atoms with Crippen molar-refractivity contribution in [3.63, 3.8) is 0 Å². The van der Waals surface area contributed by atoms with Gasteiger partial charge >= 0.3 is 39.5 Å². The van der Waals surface area contributed by atoms with Crippen LogP contribution in [0.4, 0.5) is 0 Å². The molecule has 0 spiro atoms. The lowest BCUT2D eigenvalue weighted by Crippen LogP contribution is -2.30. The van der Waals surface area contributed by atoms with E-state index in [1.54, 1.807) is 0 Å². The van der Waals surface area contributed by atoms with E-state index in [4.69, 9.17) is 37.0 Å². The normalized spacial score (nSPS) is 13.8. The third-order valence-corrected chi connectivity index (χ3v) is 21.7. The second-order valence-corrected chi connectivity index (χ2v) is 33.6. The number of unbranched alkanes of at least 4 members (excludes halogenated alkanes) is 56. The first-order chi connectivity index (χ1) is 50.0. The van der Waals surface area contributed by atoms with Gasteiger partial charge in [-0.1, -0.05) is 401 Å². The quantitative estimate of drug-likeness (QED) is 0.0222. The zero-order valence-corrected chi connectivity index (χ0v) is 69.3. The monoisotopic (exact) mass is 1510 g/mol. The molecular weight excluding hydrogens is 1340 g/mol. The van der Waals surface area contributed by atoms with Crippen molar-refractivity contribution in [3.8, 4) is 0 Å². The standard InChI is InChI=1S/C84H164O17P2/c1-6-9-12-15-18-21-23-25-27-29-31-33-35-37-39-41-43-45-48-53-58-63-68-82(87)95-73-79(100-83(88)69-64-59-54-49-46-44-42-40-38-36-34-32-30-28-26-24-22-19-16-13-10-7-2)75-98-102(90,91)96-71-78(85)72-97-103(92,93)99-76-80(74-94-81(86)67-62-57-52-47-20-17-14-11-8-3)101-84(89)70-65-60-55-50-51-56-61-66-77(4)5/h77-80,85H,6-76H2,1-5H3,(H,90,91)(H,92,93)/t78-,79-,80-/m1/s1. The molecule has 0 saturated heterocycles. The van der Waals surface area contributed by atoms with E-state index in [9.17, 15) is 43.2 Å². The fraction of sp³-hybridized carbons (Fsp3) is 0.952. The number of aliphatic hydroxyl groups is 1. The van der Waals surface area contributed by atoms with E-state index in [1.807, 2.05) is 0 Å². The minimum absolute atomic E-state index is 0.104. The van der Waals surface area contributed by atoms with Crippen LogP contribution in [0.15, 0.2) is 0 Å². The summed E-state index contributed by atoms with van der Waals surface area (Å²) in [5, 5.41) is 10.6. The Hall–Kier alpha value is -1.94. The van der Waals surface area contributed by atoms with Crippen LogP contribution in [0, 0.1) is 5.92 Å². The van der Waals surface area contributed by atoms with E-state index in [1.165, 1.54) is 276 Å². The summed E-state index contributed by atoms with van der Waals surface area (Å²) in [4.78, 5) is 72.9. The lowest BCUT2D eigenvalue weighted by atomic mass is 10.0. The molecule has 0 aliphatic carbocycles. The Balaban J connectivity index is 5.14. The van der Waals surface area contributed by atoms with Crippen molar-refractivity contribution in [1.29, 1.82) is 0 Å². The van der Waals surface area contributed by atoms with E-state index in [0.717, 1.165) is 89.9 Å². The summed E-state index contributed by atoms with van der Waals surface area (Å²) in [5.41, 5.74) is 0. The molecule has 2 unspecified atom stereocenters. The molecule has 0 aliphatic heterocycles. The highest BCUT2D eigenvalue weighted by molar-refractivity contribution is 7.47. The van der Waals surface area contributed by atoms with Crippen molar-refractivity contribution in [3.05, 3.63) is 0 Å². The smallest absolute Gasteiger partial charge is 0.462 e. The van der Waals surface area contributed by atoms with Gasteiger partial charge in [0.25, 0.3) is 0 Å². The fourth-order valence-corrected chi connectivity index (χ4v) is 14.7. The molecule has 5 atom stereocenters. The maximum Gasteiger partial charge on any atom is 0.472 e. The minimum atomic E-state index is -4.96. The van der Waals surface area contributed by atoms with Crippen LogP contribution in [0.25, 0.3) is 0 Å². The van der Waals surface area contributed by atoms with Crippen LogP contribution < -0.4 is 0 Å². The lowest BCUT2D eigenvalue weighted by Gasteiger charge is -2.21. The van der Waals surface area contributed by atoms with E-state index in [-0.39, 0.29) is 25.7 Å². The van der Waals surface area contributed by atoms with Gasteiger partial charge in [-0.15, -0.1) is 0 Å². The summed E-state index contributed by atoms with van der Waals surface area (Å²) < 4.78 is 68.7. The number of carbonyl (C=O) groups excluding carboxylic acids is 4. The molecule has 0 saturated carbocycles. The highest BCUT2D eigenvalue weighted by Gasteiger charge is 2.30. The molecule has 3 N–H and O–H groups in total. The van der Waals surface area contributed by atoms with Gasteiger partial charge in [0.2, 0.25) is 0 Å². The van der Waals surface area contributed by atoms with Crippen molar-refractivity contribution in [2.45, 2.75) is 470 Å². The minimum Gasteiger partial charge on any atom is -0.462 e. The third kappa shape index (κ3) is 78.0. The third-order valence-electron chi connectivity index (χ3n) is 19.8. The van der Waals surface area contributed by atoms with E-state index < -0.39 is 97.5 Å². The summed E-state index contributed by atoms with van der Waals surface area (Å²) in [5.74, 6) is -1.41. The average Bonchev–Trinajstić information content (AvgIpc) is 0.949. The Kier molecular flexibility index (Phi) is 75.4. The molecule has 0 aromatic rings. The molecule has 19 heteroatoms. The zero-order valence-electron chi connectivity index (χ0n) is 67.5. The Morgan fingerprint density at radius 2 is 0.447 bits per heavy atom. The van der Waals surface area contributed by atoms with Gasteiger partial charge in [0.05, 0.1) is 26.4 Å². The SMILES string of the molecule is CCCCCCCCCCCCCCCCCCCCCCCCC(=O)OC[C@H](COP(=O)(O)OC[C@@H](O)COP(=O)(O)OC[C@@H](COC(=O)CCCCCCCCCCC)OC(=O)CCCCCCCCCC(C)C)OC(=O)CCCCCCCCCCCCCCCCCCCCCCCC. The maximum atomic E-state index is 13.1. The zero-order chi connectivity index (χ0) is 75.5. The van der Waals surface area contributed by atoms with Gasteiger partial charge in [0.1, 0.15) is 19.3 Å². The summed E-state index contributed by atoms with van der Waals surface area (Å²) in [6.07, 6.45) is 69.9. The van der Waals surface area contributed by atoms with Crippen molar-refractivity contribution < 1.29 is 80.2 Å². The lowest BCUT2D eigenvalue weighted by molar-refractivity contribution is -0.161. The molecule has 103 heavy (non-hydrogen) atoms. The van der Waals surface area contributed by atoms with Gasteiger partial charge in [-0.05, 0) is 31.6 Å². The largest absolute Gasteiger partial charge is 0.472 e. The number of carbonyl (C=O) groups is 4. The number of phosphoric acid groups is 2. The predicted molar refractivity (Wildman–Crippen MR) is 423 cm³/mol. The summed E-state index contributed by atoms with van der Waals surface area (Å²) in [6, 6.07) is 0. The molecular formula is C84H164O17P2. The second-order valence-electron chi connectivity index (χ2n) is 30.7. The summed E-state index contributed by atoms with van der Waals surface area (Å²) >= 11 is 0. The molecule has 0 fully saturated rings. The molecule has 0 heterocycles. The summed E-state index contributed by atoms with van der Waals surface area (Å²) in [7, 11) is -9.92. The van der Waals surface area contributed by atoms with Crippen LogP contribution >= 0.6 is 15.6 Å². The van der Waals surface area contributed by atoms with Crippen LogP contribution in [-0.2, 0) is 65.4 Å². The number of hydrogen-bond acceptors (Lipinski definition) is 15. The van der Waals surface area contributed by atoms with Gasteiger partial charge in [-0.25, -0.2) is 9.13 Å². The Morgan fingerprint density at radius 3 is 0.660 bits per heavy atom. The number of ether oxygens (including phenoxy) is 4. The highest BCUT2D eigenvalue weighted by atomic mass is 31.2. The Bertz CT molecular complexity index is 1960. The predicted octanol–water partition coefficient (Wildman–Crippen LogP) is 25.6. The van der Waals surface area contributed by atoms with Gasteiger partial charge in [-0.3, -0.25) is 37.3 Å². The van der Waals surface area contributed by atoms with Crippen LogP contribution in [0.1, 0.15) is 452 Å². The molecule has 0 aliphatic rings. The van der Waals surface area contributed by atoms with E-state index in [0.29, 0.717) is 31.6 Å². The van der Waals surface area contributed by atoms with Crippen molar-refractivity contribution >= 4 is 39.5 Å². The average molecular weight is 1510 g/mol. The number of esters is 4. The molecule has 17 nitrogen and oxygen atoms in total. The molecule has 0 bridgehead atoms. The number of rotatable bonds is 84. The highest BCUT2D eigenvalue weighted by Crippen LogP contribution is 2.45. The van der Waals surface area contributed by atoms with E-state index >= 15 is 0 Å². The molecule has 612 valence electrons. The topological polar surface area (TPSA) is 237 Å². The number of hydrogen-bond donors (Lipinski definition) is 3. The number of phosphoric ester groups is 2. The number of aliphatic hydroxyl groups excluding tert-OH is 1. The Morgan fingerprint density at radius 1 is 0.262 bits per heavy atom. The van der Waals surface area contributed by atoms with Gasteiger partial charge < -0.3 is 33.8 Å². The molecule has 0 rings (SSSR count). The maximum absolute atomic E-state index is 13.1. The van der Waals surface area contributed by atoms with Crippen LogP contribution in [0.5, 0.6) is 0 Å². The van der Waals surface area contributed by atoms with Crippen LogP contribution in [0.3, 0.4) is 0 Å². The van der Waals surface area contributed by atoms with Crippen LogP contribution in [-0.4, -0.2) is 96.7 Å². The van der Waals surface area contributed by atoms with Gasteiger partial charge in [-0.2, -0.15) is 0 Å². The molecule has 0 radical (unpaired) electrons. The first-order valence-corrected chi connectivity index (χ1v) is 46.6. The summed E-state index contributed by atoms with van der Waals surface area (Å²) in [6.45, 7) is 7.25. The van der Waals surface area contributed by atoms with Crippen molar-refractivity contribution in [1.82, 2.24) is 0 Å². The van der Waals surface area contributed by atoms with Crippen molar-refractivity contribution in [2.75, 3.05) is 39.6 Å². The van der Waals surface area contributed by atoms with Gasteiger partial charge in [0.15, 0.2) is 12.2 Å². The van der Waals surface area contributed by atoms with E-state index in [2.05, 4.69) is 34.6 Å². The fourth-order valence-electron chi connectivity index (χ4n) is 13.1. The van der Waals surface area contributed by atoms with Crippen LogP contribution in [0.2, 0.25) is 0 Å². The molecule has 0 amide bonds. The molecule has 0 aromatic heterocycles.